The fourth-order valence-electron chi connectivity index (χ4n) is 3.65. The SMILES string of the molecule is CCN(CC)CCN1C(=O)C(=O)C(=C(O)c2ccc(F)cc2)[C@H]1c1ccc(Cl)cc1. The third kappa shape index (κ3) is 4.40. The Bertz CT molecular complexity index is 953. The topological polar surface area (TPSA) is 60.9 Å². The number of carbonyl (C=O) groups excluding carboxylic acids is 2. The van der Waals surface area contributed by atoms with Crippen LogP contribution in [-0.2, 0) is 9.59 Å². The van der Waals surface area contributed by atoms with Crippen molar-refractivity contribution in [3.05, 3.63) is 76.1 Å². The van der Waals surface area contributed by atoms with Crippen molar-refractivity contribution in [3.63, 3.8) is 0 Å². The molecule has 1 aliphatic rings. The van der Waals surface area contributed by atoms with Gasteiger partial charge in [-0.3, -0.25) is 9.59 Å². The van der Waals surface area contributed by atoms with Crippen LogP contribution >= 0.6 is 11.6 Å². The van der Waals surface area contributed by atoms with E-state index in [2.05, 4.69) is 4.90 Å². The lowest BCUT2D eigenvalue weighted by atomic mass is 9.95. The molecular formula is C23H24ClFN2O3. The Kier molecular flexibility index (Phi) is 6.90. The van der Waals surface area contributed by atoms with Crippen molar-refractivity contribution < 1.29 is 19.1 Å². The molecule has 0 saturated carbocycles. The molecule has 1 atom stereocenters. The second-order valence-electron chi connectivity index (χ2n) is 7.08. The van der Waals surface area contributed by atoms with E-state index in [0.717, 1.165) is 13.1 Å². The number of carbonyl (C=O) groups is 2. The molecule has 1 N–H and O–H groups in total. The molecular weight excluding hydrogens is 407 g/mol. The number of hydrogen-bond donors (Lipinski definition) is 1. The summed E-state index contributed by atoms with van der Waals surface area (Å²) in [4.78, 5) is 29.4. The second kappa shape index (κ2) is 9.41. The van der Waals surface area contributed by atoms with E-state index in [-0.39, 0.29) is 16.9 Å². The summed E-state index contributed by atoms with van der Waals surface area (Å²) >= 11 is 6.01. The van der Waals surface area contributed by atoms with Crippen molar-refractivity contribution in [2.24, 2.45) is 0 Å². The molecule has 0 radical (unpaired) electrons. The highest BCUT2D eigenvalue weighted by Gasteiger charge is 2.45. The number of aliphatic hydroxyl groups excluding tert-OH is 1. The maximum Gasteiger partial charge on any atom is 0.295 e. The number of nitrogens with zero attached hydrogens (tertiary/aromatic N) is 2. The number of hydrogen-bond acceptors (Lipinski definition) is 4. The number of aliphatic hydroxyl groups is 1. The summed E-state index contributed by atoms with van der Waals surface area (Å²) in [6.07, 6.45) is 0. The molecule has 2 aromatic carbocycles. The molecule has 0 unspecified atom stereocenters. The number of amides is 1. The molecule has 0 aliphatic carbocycles. The number of benzene rings is 2. The molecule has 3 rings (SSSR count). The Morgan fingerprint density at radius 2 is 1.67 bits per heavy atom. The summed E-state index contributed by atoms with van der Waals surface area (Å²) < 4.78 is 13.3. The summed E-state index contributed by atoms with van der Waals surface area (Å²) in [7, 11) is 0. The second-order valence-corrected chi connectivity index (χ2v) is 7.51. The van der Waals surface area contributed by atoms with Crippen molar-refractivity contribution in [2.75, 3.05) is 26.2 Å². The van der Waals surface area contributed by atoms with Crippen molar-refractivity contribution in [1.82, 2.24) is 9.80 Å². The quantitative estimate of drug-likeness (QED) is 0.405. The summed E-state index contributed by atoms with van der Waals surface area (Å²) in [5, 5.41) is 11.4. The van der Waals surface area contributed by atoms with Gasteiger partial charge in [0.2, 0.25) is 0 Å². The maximum atomic E-state index is 13.3. The molecule has 7 heteroatoms. The average Bonchev–Trinajstić information content (AvgIpc) is 3.00. The number of Topliss-reactive ketones (excluding diaryl/α,β-unsaturated/α-hetero) is 1. The summed E-state index contributed by atoms with van der Waals surface area (Å²) in [6.45, 7) is 6.63. The number of halogens is 2. The van der Waals surface area contributed by atoms with Crippen LogP contribution in [0, 0.1) is 5.82 Å². The Labute approximate surface area is 180 Å². The molecule has 1 aliphatic heterocycles. The van der Waals surface area contributed by atoms with Crippen molar-refractivity contribution >= 4 is 29.1 Å². The molecule has 1 amide bonds. The van der Waals surface area contributed by atoms with Crippen LogP contribution in [0.4, 0.5) is 4.39 Å². The summed E-state index contributed by atoms with van der Waals surface area (Å²) in [5.74, 6) is -2.19. The highest BCUT2D eigenvalue weighted by molar-refractivity contribution is 6.46. The van der Waals surface area contributed by atoms with E-state index in [1.54, 1.807) is 24.3 Å². The lowest BCUT2D eigenvalue weighted by Gasteiger charge is -2.28. The zero-order valence-corrected chi connectivity index (χ0v) is 17.7. The third-order valence-corrected chi connectivity index (χ3v) is 5.65. The van der Waals surface area contributed by atoms with Gasteiger partial charge < -0.3 is 14.9 Å². The maximum absolute atomic E-state index is 13.3. The van der Waals surface area contributed by atoms with E-state index < -0.39 is 23.5 Å². The van der Waals surface area contributed by atoms with E-state index in [1.807, 2.05) is 13.8 Å². The van der Waals surface area contributed by atoms with Crippen LogP contribution in [0.1, 0.15) is 31.0 Å². The van der Waals surface area contributed by atoms with Gasteiger partial charge in [-0.2, -0.15) is 0 Å². The first kappa shape index (κ1) is 22.0. The fourth-order valence-corrected chi connectivity index (χ4v) is 3.78. The smallest absolute Gasteiger partial charge is 0.295 e. The molecule has 0 aromatic heterocycles. The monoisotopic (exact) mass is 430 g/mol. The van der Waals surface area contributed by atoms with Gasteiger partial charge in [0.25, 0.3) is 11.7 Å². The highest BCUT2D eigenvalue weighted by atomic mass is 35.5. The molecule has 158 valence electrons. The van der Waals surface area contributed by atoms with Gasteiger partial charge in [0.05, 0.1) is 11.6 Å². The Morgan fingerprint density at radius 3 is 2.23 bits per heavy atom. The number of rotatable bonds is 7. The Balaban J connectivity index is 2.08. The zero-order valence-electron chi connectivity index (χ0n) is 16.9. The van der Waals surface area contributed by atoms with Crippen LogP contribution in [0.25, 0.3) is 5.76 Å². The molecule has 30 heavy (non-hydrogen) atoms. The number of likely N-dealkylation sites (tertiary alicyclic amines) is 1. The van der Waals surface area contributed by atoms with Gasteiger partial charge in [0, 0.05) is 23.7 Å². The van der Waals surface area contributed by atoms with Crippen LogP contribution in [0.5, 0.6) is 0 Å². The molecule has 0 spiro atoms. The van der Waals surface area contributed by atoms with Gasteiger partial charge in [-0.1, -0.05) is 37.6 Å². The van der Waals surface area contributed by atoms with Crippen LogP contribution in [0.2, 0.25) is 5.02 Å². The largest absolute Gasteiger partial charge is 0.507 e. The minimum absolute atomic E-state index is 0.00604. The number of likely N-dealkylation sites (N-methyl/N-ethyl adjacent to an activating group) is 1. The van der Waals surface area contributed by atoms with Crippen molar-refractivity contribution in [1.29, 1.82) is 0 Å². The molecule has 1 fully saturated rings. The van der Waals surface area contributed by atoms with Gasteiger partial charge in [-0.05, 0) is 55.1 Å². The molecule has 1 heterocycles. The highest BCUT2D eigenvalue weighted by Crippen LogP contribution is 2.39. The molecule has 2 aromatic rings. The standard InChI is InChI=1S/C23H24ClFN2O3/c1-3-26(4-2)13-14-27-20(15-5-9-17(24)10-6-15)19(22(29)23(27)30)21(28)16-7-11-18(25)12-8-16/h5-12,20,28H,3-4,13-14H2,1-2H3/t20-/m1/s1. The van der Waals surface area contributed by atoms with Crippen LogP contribution < -0.4 is 0 Å². The van der Waals surface area contributed by atoms with Crippen molar-refractivity contribution in [2.45, 2.75) is 19.9 Å². The lowest BCUT2D eigenvalue weighted by molar-refractivity contribution is -0.140. The summed E-state index contributed by atoms with van der Waals surface area (Å²) in [5.41, 5.74) is 0.937. The zero-order chi connectivity index (χ0) is 21.8. The van der Waals surface area contributed by atoms with Gasteiger partial charge in [0.15, 0.2) is 0 Å². The third-order valence-electron chi connectivity index (χ3n) is 5.39. The van der Waals surface area contributed by atoms with E-state index >= 15 is 0 Å². The van der Waals surface area contributed by atoms with E-state index in [9.17, 15) is 19.1 Å². The fraction of sp³-hybridized carbons (Fsp3) is 0.304. The Hall–Kier alpha value is -2.70. The molecule has 1 saturated heterocycles. The predicted molar refractivity (Wildman–Crippen MR) is 115 cm³/mol. The molecule has 5 nitrogen and oxygen atoms in total. The first-order valence-electron chi connectivity index (χ1n) is 9.89. The van der Waals surface area contributed by atoms with Gasteiger partial charge in [-0.25, -0.2) is 4.39 Å². The van der Waals surface area contributed by atoms with E-state index in [1.165, 1.54) is 29.2 Å². The summed E-state index contributed by atoms with van der Waals surface area (Å²) in [6, 6.07) is 11.2. The van der Waals surface area contributed by atoms with Gasteiger partial charge in [-0.15, -0.1) is 0 Å². The van der Waals surface area contributed by atoms with E-state index in [0.29, 0.717) is 23.7 Å². The normalized spacial score (nSPS) is 18.4. The van der Waals surface area contributed by atoms with Gasteiger partial charge >= 0.3 is 0 Å². The number of ketones is 1. The van der Waals surface area contributed by atoms with Gasteiger partial charge in [0.1, 0.15) is 11.6 Å². The predicted octanol–water partition coefficient (Wildman–Crippen LogP) is 4.24. The average molecular weight is 431 g/mol. The van der Waals surface area contributed by atoms with Crippen LogP contribution in [0.15, 0.2) is 54.1 Å². The first-order valence-corrected chi connectivity index (χ1v) is 10.3. The molecule has 0 bridgehead atoms. The minimum atomic E-state index is -0.753. The first-order chi connectivity index (χ1) is 14.4. The van der Waals surface area contributed by atoms with Crippen LogP contribution in [0.3, 0.4) is 0 Å². The van der Waals surface area contributed by atoms with Crippen molar-refractivity contribution in [3.8, 4) is 0 Å². The minimum Gasteiger partial charge on any atom is -0.507 e. The lowest BCUT2D eigenvalue weighted by Crippen LogP contribution is -2.38. The van der Waals surface area contributed by atoms with E-state index in [4.69, 9.17) is 11.6 Å². The van der Waals surface area contributed by atoms with Crippen LogP contribution in [-0.4, -0.2) is 52.8 Å². The Morgan fingerprint density at radius 1 is 1.07 bits per heavy atom.